The van der Waals surface area contributed by atoms with Crippen molar-refractivity contribution < 1.29 is 4.39 Å². The first kappa shape index (κ1) is 23.2. The molecule has 0 atom stereocenters. The number of aliphatic imine (C=N–C) groups is 1. The predicted molar refractivity (Wildman–Crippen MR) is 123 cm³/mol. The van der Waals surface area contributed by atoms with Crippen molar-refractivity contribution in [3.63, 3.8) is 0 Å². The number of nitrogens with zero attached hydrogens (tertiary/aromatic N) is 2. The molecule has 0 aliphatic heterocycles. The average Bonchev–Trinajstić information content (AvgIpc) is 3.01. The van der Waals surface area contributed by atoms with Gasteiger partial charge in [0.05, 0.1) is 17.2 Å². The maximum Gasteiger partial charge on any atom is 0.191 e. The molecule has 0 unspecified atom stereocenters. The Kier molecular flexibility index (Phi) is 11.9. The summed E-state index contributed by atoms with van der Waals surface area (Å²) in [4.78, 5) is 9.03. The molecule has 0 bridgehead atoms. The van der Waals surface area contributed by atoms with Crippen LogP contribution in [0.15, 0.2) is 34.6 Å². The van der Waals surface area contributed by atoms with E-state index in [9.17, 15) is 4.39 Å². The summed E-state index contributed by atoms with van der Waals surface area (Å²) in [6, 6.07) is 6.92. The van der Waals surface area contributed by atoms with Crippen molar-refractivity contribution in [1.82, 2.24) is 15.6 Å². The first-order chi connectivity index (χ1) is 12.2. The first-order valence-electron chi connectivity index (χ1n) is 8.43. The summed E-state index contributed by atoms with van der Waals surface area (Å²) in [6.45, 7) is 6.39. The van der Waals surface area contributed by atoms with Crippen LogP contribution in [0.1, 0.15) is 23.2 Å². The number of thioether (sulfide) groups is 1. The van der Waals surface area contributed by atoms with Gasteiger partial charge in [0.15, 0.2) is 5.96 Å². The molecule has 0 saturated heterocycles. The Hall–Kier alpha value is -0.870. The van der Waals surface area contributed by atoms with E-state index >= 15 is 0 Å². The largest absolute Gasteiger partial charge is 0.357 e. The van der Waals surface area contributed by atoms with Gasteiger partial charge in [-0.3, -0.25) is 4.99 Å². The molecule has 2 rings (SSSR count). The molecule has 8 heteroatoms. The summed E-state index contributed by atoms with van der Waals surface area (Å²) in [5.74, 6) is 2.22. The highest BCUT2D eigenvalue weighted by Crippen LogP contribution is 2.15. The normalized spacial score (nSPS) is 11.1. The van der Waals surface area contributed by atoms with Crippen LogP contribution in [-0.4, -0.2) is 36.3 Å². The number of benzene rings is 1. The lowest BCUT2D eigenvalue weighted by Gasteiger charge is -2.10. The molecule has 1 aromatic carbocycles. The van der Waals surface area contributed by atoms with Crippen molar-refractivity contribution in [3.8, 4) is 0 Å². The fourth-order valence-electron chi connectivity index (χ4n) is 2.19. The lowest BCUT2D eigenvalue weighted by Crippen LogP contribution is -2.38. The Morgan fingerprint density at radius 3 is 2.81 bits per heavy atom. The lowest BCUT2D eigenvalue weighted by atomic mass is 10.2. The summed E-state index contributed by atoms with van der Waals surface area (Å²) >= 11 is 3.37. The van der Waals surface area contributed by atoms with Crippen LogP contribution in [-0.2, 0) is 12.2 Å². The number of guanidine groups is 1. The van der Waals surface area contributed by atoms with E-state index in [4.69, 9.17) is 0 Å². The van der Waals surface area contributed by atoms with Gasteiger partial charge < -0.3 is 10.6 Å². The van der Waals surface area contributed by atoms with E-state index in [0.717, 1.165) is 47.5 Å². The highest BCUT2D eigenvalue weighted by Gasteiger charge is 2.02. The van der Waals surface area contributed by atoms with Gasteiger partial charge in [0, 0.05) is 36.4 Å². The van der Waals surface area contributed by atoms with Crippen molar-refractivity contribution in [2.45, 2.75) is 26.0 Å². The van der Waals surface area contributed by atoms with Gasteiger partial charge in [0.1, 0.15) is 5.82 Å². The van der Waals surface area contributed by atoms with Crippen LogP contribution in [0.4, 0.5) is 4.39 Å². The molecule has 0 radical (unpaired) electrons. The molecule has 0 aliphatic rings. The van der Waals surface area contributed by atoms with Crippen LogP contribution in [0.2, 0.25) is 0 Å². The van der Waals surface area contributed by atoms with E-state index in [0.29, 0.717) is 12.3 Å². The summed E-state index contributed by atoms with van der Waals surface area (Å²) in [5, 5.41) is 9.77. The number of halogens is 2. The number of rotatable bonds is 9. The van der Waals surface area contributed by atoms with Gasteiger partial charge in [-0.15, -0.1) is 35.3 Å². The smallest absolute Gasteiger partial charge is 0.191 e. The van der Waals surface area contributed by atoms with Gasteiger partial charge in [-0.2, -0.15) is 11.8 Å². The van der Waals surface area contributed by atoms with Crippen LogP contribution in [0, 0.1) is 12.7 Å². The van der Waals surface area contributed by atoms with Crippen LogP contribution in [0.3, 0.4) is 0 Å². The van der Waals surface area contributed by atoms with Crippen molar-refractivity contribution in [1.29, 1.82) is 0 Å². The average molecular weight is 508 g/mol. The number of aryl methyl sites for hydroxylation is 1. The fraction of sp³-hybridized carbons (Fsp3) is 0.444. The number of thiazole rings is 1. The van der Waals surface area contributed by atoms with Crippen molar-refractivity contribution in [2.24, 2.45) is 4.99 Å². The van der Waals surface area contributed by atoms with Gasteiger partial charge in [0.25, 0.3) is 0 Å². The molecule has 4 nitrogen and oxygen atoms in total. The second-order valence-electron chi connectivity index (χ2n) is 5.44. The third-order valence-corrected chi connectivity index (χ3v) is 5.21. The van der Waals surface area contributed by atoms with E-state index in [-0.39, 0.29) is 29.8 Å². The highest BCUT2D eigenvalue weighted by atomic mass is 127. The quantitative estimate of drug-likeness (QED) is 0.230. The SMILES string of the molecule is CCNC(=NCCSCc1ccccc1F)NCCc1csc(C)n1.I. The Morgan fingerprint density at radius 2 is 2.12 bits per heavy atom. The van der Waals surface area contributed by atoms with Crippen LogP contribution in [0.5, 0.6) is 0 Å². The molecule has 0 amide bonds. The Bertz CT molecular complexity index is 679. The molecule has 2 N–H and O–H groups in total. The van der Waals surface area contributed by atoms with Gasteiger partial charge in [0.2, 0.25) is 0 Å². The molecular weight excluding hydrogens is 482 g/mol. The number of hydrogen-bond acceptors (Lipinski definition) is 4. The summed E-state index contributed by atoms with van der Waals surface area (Å²) in [5.41, 5.74) is 1.87. The topological polar surface area (TPSA) is 49.3 Å². The zero-order valence-corrected chi connectivity index (χ0v) is 19.1. The minimum absolute atomic E-state index is 0. The third-order valence-electron chi connectivity index (χ3n) is 3.41. The van der Waals surface area contributed by atoms with E-state index < -0.39 is 0 Å². The standard InChI is InChI=1S/C18H25FN4S2.HI/c1-3-20-18(21-9-8-16-13-25-14(2)23-16)22-10-11-24-12-15-6-4-5-7-17(15)19;/h4-7,13H,3,8-12H2,1-2H3,(H2,20,21,22);1H. The molecule has 26 heavy (non-hydrogen) atoms. The van der Waals surface area contributed by atoms with Crippen LogP contribution >= 0.6 is 47.1 Å². The summed E-state index contributed by atoms with van der Waals surface area (Å²) < 4.78 is 13.5. The summed E-state index contributed by atoms with van der Waals surface area (Å²) in [7, 11) is 0. The Labute approximate surface area is 180 Å². The molecule has 1 aromatic heterocycles. The minimum Gasteiger partial charge on any atom is -0.357 e. The zero-order chi connectivity index (χ0) is 17.9. The molecular formula is C18H26FIN4S2. The van der Waals surface area contributed by atoms with E-state index in [1.807, 2.05) is 26.0 Å². The monoisotopic (exact) mass is 508 g/mol. The zero-order valence-electron chi connectivity index (χ0n) is 15.1. The Balaban J connectivity index is 0.00000338. The third kappa shape index (κ3) is 8.68. The summed E-state index contributed by atoms with van der Waals surface area (Å²) in [6.07, 6.45) is 0.886. The molecule has 1 heterocycles. The fourth-order valence-corrected chi connectivity index (χ4v) is 3.66. The van der Waals surface area contributed by atoms with Crippen molar-refractivity contribution >= 4 is 53.0 Å². The molecule has 2 aromatic rings. The van der Waals surface area contributed by atoms with E-state index in [1.165, 1.54) is 6.07 Å². The van der Waals surface area contributed by atoms with Crippen molar-refractivity contribution in [2.75, 3.05) is 25.4 Å². The van der Waals surface area contributed by atoms with Crippen LogP contribution < -0.4 is 10.6 Å². The number of nitrogens with one attached hydrogen (secondary N) is 2. The van der Waals surface area contributed by atoms with Gasteiger partial charge in [-0.1, -0.05) is 18.2 Å². The van der Waals surface area contributed by atoms with Gasteiger partial charge >= 0.3 is 0 Å². The van der Waals surface area contributed by atoms with E-state index in [1.54, 1.807) is 29.2 Å². The highest BCUT2D eigenvalue weighted by molar-refractivity contribution is 14.0. The maximum atomic E-state index is 13.5. The molecule has 144 valence electrons. The second-order valence-corrected chi connectivity index (χ2v) is 7.61. The second kappa shape index (κ2) is 13.3. The molecule has 0 saturated carbocycles. The predicted octanol–water partition coefficient (Wildman–Crippen LogP) is 4.24. The lowest BCUT2D eigenvalue weighted by molar-refractivity contribution is 0.617. The first-order valence-corrected chi connectivity index (χ1v) is 10.5. The van der Waals surface area contributed by atoms with Gasteiger partial charge in [-0.25, -0.2) is 9.37 Å². The van der Waals surface area contributed by atoms with E-state index in [2.05, 4.69) is 26.0 Å². The van der Waals surface area contributed by atoms with Crippen molar-refractivity contribution in [3.05, 3.63) is 51.7 Å². The van der Waals surface area contributed by atoms with Crippen LogP contribution in [0.25, 0.3) is 0 Å². The molecule has 0 spiro atoms. The molecule has 0 fully saturated rings. The number of aromatic nitrogens is 1. The number of hydrogen-bond donors (Lipinski definition) is 2. The maximum absolute atomic E-state index is 13.5. The molecule has 0 aliphatic carbocycles. The van der Waals surface area contributed by atoms with Gasteiger partial charge in [-0.05, 0) is 25.5 Å². The Morgan fingerprint density at radius 1 is 1.31 bits per heavy atom. The minimum atomic E-state index is -0.134.